The van der Waals surface area contributed by atoms with Crippen molar-refractivity contribution in [1.29, 1.82) is 0 Å². The van der Waals surface area contributed by atoms with Crippen LogP contribution in [0.2, 0.25) is 0 Å². The highest BCUT2D eigenvalue weighted by atomic mass is 79.9. The maximum absolute atomic E-state index is 10.7. The molecule has 0 aromatic heterocycles. The summed E-state index contributed by atoms with van der Waals surface area (Å²) in [5, 5.41) is 10.7. The van der Waals surface area contributed by atoms with Crippen molar-refractivity contribution in [3.8, 4) is 5.75 Å². The molecular weight excluding hydrogens is 356 g/mol. The van der Waals surface area contributed by atoms with Crippen LogP contribution in [-0.2, 0) is 24.2 Å². The fraction of sp³-hybridized carbons (Fsp3) is 0.316. The summed E-state index contributed by atoms with van der Waals surface area (Å²) >= 11 is 3.42. The standard InChI is InChI=1S/C19H19BrO3/c20-17-6-2-13(3-7-17)12-23-18-8-5-15-9-14(10-19(21)22)1-4-16(15)11-18/h2-3,5-8,11,14H,1,4,9-10,12H2,(H,21,22)/p-1. The number of halogens is 1. The van der Waals surface area contributed by atoms with Crippen LogP contribution in [0.1, 0.15) is 29.5 Å². The predicted octanol–water partition coefficient (Wildman–Crippen LogP) is 3.27. The molecule has 0 radical (unpaired) electrons. The highest BCUT2D eigenvalue weighted by Crippen LogP contribution is 2.30. The monoisotopic (exact) mass is 373 g/mol. The predicted molar refractivity (Wildman–Crippen MR) is 90.1 cm³/mol. The second kappa shape index (κ2) is 7.18. The van der Waals surface area contributed by atoms with Crippen molar-refractivity contribution < 1.29 is 14.6 Å². The highest BCUT2D eigenvalue weighted by molar-refractivity contribution is 9.10. The molecule has 1 aliphatic rings. The first-order valence-corrected chi connectivity index (χ1v) is 8.58. The molecule has 0 heterocycles. The zero-order valence-electron chi connectivity index (χ0n) is 12.8. The van der Waals surface area contributed by atoms with Gasteiger partial charge in [0.25, 0.3) is 0 Å². The molecule has 2 aromatic rings. The first-order valence-electron chi connectivity index (χ1n) is 7.79. The number of benzene rings is 2. The molecule has 0 spiro atoms. The van der Waals surface area contributed by atoms with Crippen molar-refractivity contribution in [3.05, 3.63) is 63.6 Å². The number of hydrogen-bond acceptors (Lipinski definition) is 3. The molecule has 120 valence electrons. The number of aryl methyl sites for hydroxylation is 1. The lowest BCUT2D eigenvalue weighted by molar-refractivity contribution is -0.306. The summed E-state index contributed by atoms with van der Waals surface area (Å²) in [5.74, 6) is 0.111. The van der Waals surface area contributed by atoms with Crippen molar-refractivity contribution >= 4 is 21.9 Å². The van der Waals surface area contributed by atoms with Crippen LogP contribution in [0.25, 0.3) is 0 Å². The Labute approximate surface area is 144 Å². The first kappa shape index (κ1) is 16.1. The van der Waals surface area contributed by atoms with Crippen LogP contribution in [0.15, 0.2) is 46.9 Å². The topological polar surface area (TPSA) is 49.4 Å². The molecule has 0 saturated carbocycles. The lowest BCUT2D eigenvalue weighted by Crippen LogP contribution is -2.27. The fourth-order valence-corrected chi connectivity index (χ4v) is 3.32. The van der Waals surface area contributed by atoms with E-state index in [0.29, 0.717) is 6.61 Å². The van der Waals surface area contributed by atoms with Crippen molar-refractivity contribution in [2.75, 3.05) is 0 Å². The molecule has 0 amide bonds. The molecule has 1 unspecified atom stereocenters. The average Bonchev–Trinajstić information content (AvgIpc) is 2.54. The van der Waals surface area contributed by atoms with E-state index in [0.717, 1.165) is 35.0 Å². The van der Waals surface area contributed by atoms with Crippen molar-refractivity contribution in [2.24, 2.45) is 5.92 Å². The Bertz CT molecular complexity index is 694. The molecule has 23 heavy (non-hydrogen) atoms. The van der Waals surface area contributed by atoms with E-state index in [1.165, 1.54) is 11.1 Å². The summed E-state index contributed by atoms with van der Waals surface area (Å²) < 4.78 is 6.93. The van der Waals surface area contributed by atoms with E-state index in [1.807, 2.05) is 30.3 Å². The number of carboxylic acid groups (broad SMARTS) is 1. The fourth-order valence-electron chi connectivity index (χ4n) is 3.05. The second-order valence-corrected chi connectivity index (χ2v) is 6.95. The molecule has 4 heteroatoms. The minimum absolute atomic E-state index is 0.154. The number of hydrogen-bond donors (Lipinski definition) is 0. The van der Waals surface area contributed by atoms with Gasteiger partial charge in [-0.05, 0) is 72.6 Å². The molecule has 1 atom stereocenters. The lowest BCUT2D eigenvalue weighted by Gasteiger charge is -2.25. The zero-order valence-corrected chi connectivity index (χ0v) is 14.3. The van der Waals surface area contributed by atoms with Gasteiger partial charge < -0.3 is 14.6 Å². The van der Waals surface area contributed by atoms with Gasteiger partial charge in [0.15, 0.2) is 0 Å². The lowest BCUT2D eigenvalue weighted by atomic mass is 9.82. The van der Waals surface area contributed by atoms with Gasteiger partial charge in [-0.1, -0.05) is 34.1 Å². The summed E-state index contributed by atoms with van der Waals surface area (Å²) in [6.45, 7) is 0.541. The van der Waals surface area contributed by atoms with Gasteiger partial charge in [0, 0.05) is 10.4 Å². The van der Waals surface area contributed by atoms with E-state index < -0.39 is 5.97 Å². The van der Waals surface area contributed by atoms with Gasteiger partial charge in [-0.3, -0.25) is 0 Å². The molecule has 1 aliphatic carbocycles. The minimum Gasteiger partial charge on any atom is -0.550 e. The SMILES string of the molecule is O=C([O-])CC1CCc2cc(OCc3ccc(Br)cc3)ccc2C1. The van der Waals surface area contributed by atoms with Crippen LogP contribution in [0, 0.1) is 5.92 Å². The molecule has 3 nitrogen and oxygen atoms in total. The Morgan fingerprint density at radius 3 is 2.70 bits per heavy atom. The molecule has 0 aliphatic heterocycles. The molecule has 3 rings (SSSR count). The van der Waals surface area contributed by atoms with Crippen LogP contribution in [0.4, 0.5) is 0 Å². The smallest absolute Gasteiger partial charge is 0.120 e. The van der Waals surface area contributed by atoms with Gasteiger partial charge in [0.05, 0.1) is 0 Å². The largest absolute Gasteiger partial charge is 0.550 e. The number of fused-ring (bicyclic) bond motifs is 1. The van der Waals surface area contributed by atoms with E-state index in [1.54, 1.807) is 0 Å². The summed E-state index contributed by atoms with van der Waals surface area (Å²) in [6.07, 6.45) is 2.78. The van der Waals surface area contributed by atoms with Crippen LogP contribution < -0.4 is 9.84 Å². The summed E-state index contributed by atoms with van der Waals surface area (Å²) in [4.78, 5) is 10.7. The molecule has 0 saturated heterocycles. The summed E-state index contributed by atoms with van der Waals surface area (Å²) in [6, 6.07) is 14.2. The first-order chi connectivity index (χ1) is 11.1. The van der Waals surface area contributed by atoms with Crippen LogP contribution >= 0.6 is 15.9 Å². The van der Waals surface area contributed by atoms with E-state index >= 15 is 0 Å². The third kappa shape index (κ3) is 4.35. The van der Waals surface area contributed by atoms with Gasteiger partial charge in [0.2, 0.25) is 0 Å². The third-order valence-corrected chi connectivity index (χ3v) is 4.81. The van der Waals surface area contributed by atoms with Crippen molar-refractivity contribution in [3.63, 3.8) is 0 Å². The normalized spacial score (nSPS) is 16.7. The molecular formula is C19H18BrO3-. The Balaban J connectivity index is 1.63. The van der Waals surface area contributed by atoms with Crippen LogP contribution in [0.3, 0.4) is 0 Å². The maximum atomic E-state index is 10.7. The Morgan fingerprint density at radius 1 is 1.17 bits per heavy atom. The quantitative estimate of drug-likeness (QED) is 0.807. The van der Waals surface area contributed by atoms with Crippen LogP contribution in [-0.4, -0.2) is 5.97 Å². The number of aliphatic carboxylic acids is 1. The van der Waals surface area contributed by atoms with Crippen molar-refractivity contribution in [1.82, 2.24) is 0 Å². The zero-order chi connectivity index (χ0) is 16.2. The number of carbonyl (C=O) groups excluding carboxylic acids is 1. The molecule has 0 bridgehead atoms. The molecule has 0 fully saturated rings. The summed E-state index contributed by atoms with van der Waals surface area (Å²) in [5.41, 5.74) is 3.63. The number of rotatable bonds is 5. The highest BCUT2D eigenvalue weighted by Gasteiger charge is 2.19. The van der Waals surface area contributed by atoms with Gasteiger partial charge in [-0.15, -0.1) is 0 Å². The Hall–Kier alpha value is -1.81. The van der Waals surface area contributed by atoms with Gasteiger partial charge in [-0.25, -0.2) is 0 Å². The Kier molecular flexibility index (Phi) is 5.01. The van der Waals surface area contributed by atoms with E-state index in [-0.39, 0.29) is 12.3 Å². The molecule has 0 N–H and O–H groups in total. The number of carboxylic acids is 1. The maximum Gasteiger partial charge on any atom is 0.120 e. The molecule has 2 aromatic carbocycles. The van der Waals surface area contributed by atoms with Crippen LogP contribution in [0.5, 0.6) is 5.75 Å². The average molecular weight is 374 g/mol. The number of carbonyl (C=O) groups is 1. The third-order valence-electron chi connectivity index (χ3n) is 4.28. The number of ether oxygens (including phenoxy) is 1. The summed E-state index contributed by atoms with van der Waals surface area (Å²) in [7, 11) is 0. The van der Waals surface area contributed by atoms with E-state index in [2.05, 4.69) is 28.1 Å². The van der Waals surface area contributed by atoms with Gasteiger partial charge in [-0.2, -0.15) is 0 Å². The van der Waals surface area contributed by atoms with Gasteiger partial charge in [0.1, 0.15) is 12.4 Å². The van der Waals surface area contributed by atoms with E-state index in [4.69, 9.17) is 4.74 Å². The second-order valence-electron chi connectivity index (χ2n) is 6.03. The van der Waals surface area contributed by atoms with Crippen molar-refractivity contribution in [2.45, 2.75) is 32.3 Å². The minimum atomic E-state index is -0.951. The van der Waals surface area contributed by atoms with E-state index in [9.17, 15) is 9.90 Å². The van der Waals surface area contributed by atoms with Gasteiger partial charge >= 0.3 is 0 Å². The Morgan fingerprint density at radius 2 is 1.96 bits per heavy atom.